The van der Waals surface area contributed by atoms with Crippen LogP contribution >= 0.6 is 11.3 Å². The molecule has 0 aliphatic rings. The molecule has 0 spiro atoms. The van der Waals surface area contributed by atoms with Crippen LogP contribution < -0.4 is 14.8 Å². The largest absolute Gasteiger partial charge is 0.491 e. The van der Waals surface area contributed by atoms with Crippen molar-refractivity contribution in [2.45, 2.75) is 0 Å². The molecule has 2 aromatic heterocycles. The molecule has 0 bridgehead atoms. The van der Waals surface area contributed by atoms with E-state index in [2.05, 4.69) is 6.58 Å². The molecule has 1 aromatic carbocycles. The third-order valence-electron chi connectivity index (χ3n) is 3.14. The van der Waals surface area contributed by atoms with Crippen molar-refractivity contribution in [2.24, 2.45) is 0 Å². The quantitative estimate of drug-likeness (QED) is 0.781. The van der Waals surface area contributed by atoms with E-state index < -0.39 is 34.3 Å². The molecule has 0 amide bonds. The van der Waals surface area contributed by atoms with Crippen molar-refractivity contribution in [3.63, 3.8) is 0 Å². The minimum atomic E-state index is -1.44. The van der Waals surface area contributed by atoms with Gasteiger partial charge in [0.15, 0.2) is 11.6 Å². The van der Waals surface area contributed by atoms with Gasteiger partial charge in [0.1, 0.15) is 15.9 Å². The molecule has 3 rings (SSSR count). The van der Waals surface area contributed by atoms with Gasteiger partial charge in [-0.1, -0.05) is 17.9 Å². The Balaban J connectivity index is 2.72. The Labute approximate surface area is 119 Å². The highest BCUT2D eigenvalue weighted by atomic mass is 32.1. The van der Waals surface area contributed by atoms with E-state index in [1.807, 2.05) is 0 Å². The number of aromatic nitrogens is 1. The van der Waals surface area contributed by atoms with E-state index >= 15 is 0 Å². The highest BCUT2D eigenvalue weighted by Crippen LogP contribution is 2.31. The molecule has 108 valence electrons. The molecule has 3 aromatic rings. The molecule has 0 fully saturated rings. The van der Waals surface area contributed by atoms with Crippen molar-refractivity contribution in [1.82, 2.24) is 4.40 Å². The number of pyridine rings is 1. The number of fused-ring (bicyclic) bond motifs is 3. The topological polar surface area (TPSA) is 68.0 Å². The summed E-state index contributed by atoms with van der Waals surface area (Å²) in [6.07, 6.45) is 0. The third-order valence-corrected chi connectivity index (χ3v) is 4.14. The zero-order chi connectivity index (χ0) is 15.5. The second kappa shape index (κ2) is 4.26. The zero-order valence-electron chi connectivity index (χ0n) is 10.6. The number of hydrogen-bond donors (Lipinski definition) is 1. The van der Waals surface area contributed by atoms with Crippen LogP contribution in [0.2, 0.25) is 0 Å². The van der Waals surface area contributed by atoms with Gasteiger partial charge in [-0.2, -0.15) is 4.39 Å². The Kier molecular flexibility index (Phi) is 2.74. The van der Waals surface area contributed by atoms with E-state index in [1.165, 1.54) is 4.40 Å². The predicted octanol–water partition coefficient (Wildman–Crippen LogP) is 1.63. The van der Waals surface area contributed by atoms with E-state index in [0.717, 1.165) is 18.4 Å². The van der Waals surface area contributed by atoms with Gasteiger partial charge < -0.3 is 9.84 Å². The van der Waals surface area contributed by atoms with Gasteiger partial charge in [0.2, 0.25) is 11.2 Å². The first kappa shape index (κ1) is 13.5. The molecule has 0 atom stereocenters. The maximum Gasteiger partial charge on any atom is 0.342 e. The monoisotopic (exact) mass is 311 g/mol. The average Bonchev–Trinajstić information content (AvgIpc) is 2.40. The Bertz CT molecular complexity index is 1020. The summed E-state index contributed by atoms with van der Waals surface area (Å²) in [4.78, 5) is 23.6. The molecule has 0 saturated heterocycles. The number of nitrogens with zero attached hydrogens (tertiary/aromatic N) is 1. The van der Waals surface area contributed by atoms with Gasteiger partial charge in [0.05, 0.1) is 17.2 Å². The highest BCUT2D eigenvalue weighted by molar-refractivity contribution is 7.17. The van der Waals surface area contributed by atoms with Crippen LogP contribution in [0.25, 0.3) is 22.3 Å². The van der Waals surface area contributed by atoms with E-state index in [4.69, 9.17) is 9.84 Å². The number of ether oxygens (including phenoxy) is 1. The summed E-state index contributed by atoms with van der Waals surface area (Å²) in [5.74, 6) is -4.42. The molecule has 0 radical (unpaired) electrons. The molecular formula is C13H7F2NO4S. The van der Waals surface area contributed by atoms with Crippen molar-refractivity contribution >= 4 is 39.6 Å². The number of carboxylic acid groups (broad SMARTS) is 1. The van der Waals surface area contributed by atoms with Gasteiger partial charge in [-0.05, 0) is 6.07 Å². The molecule has 21 heavy (non-hydrogen) atoms. The van der Waals surface area contributed by atoms with Crippen molar-refractivity contribution in [2.75, 3.05) is 7.11 Å². The summed E-state index contributed by atoms with van der Waals surface area (Å²) in [5.41, 5.74) is -1.40. The molecule has 0 saturated carbocycles. The first-order valence-electron chi connectivity index (χ1n) is 5.63. The van der Waals surface area contributed by atoms with Crippen molar-refractivity contribution in [3.8, 4) is 5.75 Å². The SMILES string of the molecule is C=c1sc2c(C(=O)O)c(=O)c3cc(F)c(F)c(OC)c3n12. The van der Waals surface area contributed by atoms with Crippen LogP contribution in [0.5, 0.6) is 5.75 Å². The molecule has 2 heterocycles. The minimum absolute atomic E-state index is 0.0230. The molecule has 5 nitrogen and oxygen atoms in total. The molecule has 1 N–H and O–H groups in total. The lowest BCUT2D eigenvalue weighted by Crippen LogP contribution is -2.26. The van der Waals surface area contributed by atoms with Crippen LogP contribution in [0.3, 0.4) is 0 Å². The predicted molar refractivity (Wildman–Crippen MR) is 73.2 cm³/mol. The van der Waals surface area contributed by atoms with Crippen LogP contribution in [0, 0.1) is 11.6 Å². The first-order chi connectivity index (χ1) is 9.88. The fourth-order valence-electron chi connectivity index (χ4n) is 2.26. The van der Waals surface area contributed by atoms with E-state index in [1.54, 1.807) is 0 Å². The second-order valence-electron chi connectivity index (χ2n) is 4.25. The Morgan fingerprint density at radius 1 is 1.48 bits per heavy atom. The normalized spacial score (nSPS) is 11.4. The van der Waals surface area contributed by atoms with Crippen molar-refractivity contribution < 1.29 is 23.4 Å². The van der Waals surface area contributed by atoms with Crippen molar-refractivity contribution in [3.05, 3.63) is 38.2 Å². The Morgan fingerprint density at radius 3 is 2.67 bits per heavy atom. The van der Waals surface area contributed by atoms with Gasteiger partial charge >= 0.3 is 5.97 Å². The number of carboxylic acids is 1. The number of aromatic carboxylic acids is 1. The number of carbonyl (C=O) groups is 1. The van der Waals surface area contributed by atoms with E-state index in [-0.39, 0.29) is 15.7 Å². The van der Waals surface area contributed by atoms with Crippen LogP contribution in [-0.4, -0.2) is 22.6 Å². The smallest absolute Gasteiger partial charge is 0.342 e. The average molecular weight is 311 g/mol. The fraction of sp³-hybridized carbons (Fsp3) is 0.0769. The van der Waals surface area contributed by atoms with Crippen LogP contribution in [0.4, 0.5) is 8.78 Å². The molecule has 0 aliphatic carbocycles. The van der Waals surface area contributed by atoms with Crippen LogP contribution in [0.15, 0.2) is 10.9 Å². The summed E-state index contributed by atoms with van der Waals surface area (Å²) < 4.78 is 33.9. The van der Waals surface area contributed by atoms with Crippen LogP contribution in [-0.2, 0) is 0 Å². The highest BCUT2D eigenvalue weighted by Gasteiger charge is 2.26. The standard InChI is InChI=1S/C13H7F2NO4S/c1-4-16-9-5(3-6(14)8(15)11(9)20-2)10(17)7(13(18)19)12(16)21-4/h3H,1H2,2H3,(H,18,19). The third kappa shape index (κ3) is 1.59. The molecule has 8 heteroatoms. The number of hydrogen-bond acceptors (Lipinski definition) is 4. The lowest BCUT2D eigenvalue weighted by molar-refractivity contribution is 0.0697. The fourth-order valence-corrected chi connectivity index (χ4v) is 3.20. The maximum atomic E-state index is 13.8. The van der Waals surface area contributed by atoms with Gasteiger partial charge in [-0.15, -0.1) is 0 Å². The summed E-state index contributed by atoms with van der Waals surface area (Å²) in [5, 5.41) is 8.88. The maximum absolute atomic E-state index is 13.8. The lowest BCUT2D eigenvalue weighted by atomic mass is 10.1. The number of methoxy groups -OCH3 is 1. The second-order valence-corrected chi connectivity index (χ2v) is 5.31. The van der Waals surface area contributed by atoms with Gasteiger partial charge in [0.25, 0.3) is 0 Å². The lowest BCUT2D eigenvalue weighted by Gasteiger charge is -2.15. The first-order valence-corrected chi connectivity index (χ1v) is 6.45. The summed E-state index contributed by atoms with van der Waals surface area (Å²) in [7, 11) is 1.13. The van der Waals surface area contributed by atoms with Gasteiger partial charge in [-0.3, -0.25) is 9.20 Å². The number of halogens is 2. The summed E-state index contributed by atoms with van der Waals surface area (Å²) in [6, 6.07) is 0.672. The van der Waals surface area contributed by atoms with E-state index in [0.29, 0.717) is 10.7 Å². The summed E-state index contributed by atoms with van der Waals surface area (Å²) in [6.45, 7) is 3.67. The van der Waals surface area contributed by atoms with Gasteiger partial charge in [-0.25, -0.2) is 9.18 Å². The minimum Gasteiger partial charge on any atom is -0.491 e. The Hall–Kier alpha value is -2.48. The van der Waals surface area contributed by atoms with E-state index in [9.17, 15) is 18.4 Å². The summed E-state index contributed by atoms with van der Waals surface area (Å²) >= 11 is 0.983. The number of rotatable bonds is 2. The van der Waals surface area contributed by atoms with Gasteiger partial charge in [0, 0.05) is 0 Å². The zero-order valence-corrected chi connectivity index (χ0v) is 11.4. The van der Waals surface area contributed by atoms with Crippen molar-refractivity contribution in [1.29, 1.82) is 0 Å². The molecular weight excluding hydrogens is 304 g/mol. The number of benzene rings is 1. The Morgan fingerprint density at radius 2 is 2.14 bits per heavy atom. The molecule has 0 aliphatic heterocycles. The molecule has 0 unspecified atom stereocenters. The van der Waals surface area contributed by atoms with Crippen LogP contribution in [0.1, 0.15) is 10.4 Å².